The van der Waals surface area contributed by atoms with Crippen LogP contribution in [0.1, 0.15) is 17.3 Å². The number of ether oxygens (including phenoxy) is 3. The predicted octanol–water partition coefficient (Wildman–Crippen LogP) is 3.50. The van der Waals surface area contributed by atoms with Crippen molar-refractivity contribution in [3.05, 3.63) is 53.7 Å². The number of fused-ring (bicyclic) bond motifs is 1. The van der Waals surface area contributed by atoms with Gasteiger partial charge in [-0.05, 0) is 36.7 Å². The summed E-state index contributed by atoms with van der Waals surface area (Å²) in [5.74, 6) is 1.90. The summed E-state index contributed by atoms with van der Waals surface area (Å²) in [7, 11) is 6.79. The van der Waals surface area contributed by atoms with Crippen molar-refractivity contribution in [3.8, 4) is 17.2 Å². The highest BCUT2D eigenvalue weighted by molar-refractivity contribution is 5.80. The summed E-state index contributed by atoms with van der Waals surface area (Å²) in [6.45, 7) is 0. The van der Waals surface area contributed by atoms with E-state index >= 15 is 0 Å². The molecule has 0 amide bonds. The van der Waals surface area contributed by atoms with Gasteiger partial charge in [0.1, 0.15) is 0 Å². The highest BCUT2D eigenvalue weighted by Crippen LogP contribution is 2.43. The molecule has 0 aliphatic carbocycles. The van der Waals surface area contributed by atoms with Crippen molar-refractivity contribution in [2.75, 3.05) is 28.4 Å². The molecule has 0 aliphatic rings. The fourth-order valence-corrected chi connectivity index (χ4v) is 3.08. The van der Waals surface area contributed by atoms with E-state index < -0.39 is 0 Å². The Morgan fingerprint density at radius 3 is 2.29 bits per heavy atom. The molecule has 2 aromatic carbocycles. The zero-order chi connectivity index (χ0) is 17.1. The van der Waals surface area contributed by atoms with Gasteiger partial charge < -0.3 is 24.5 Å². The van der Waals surface area contributed by atoms with Gasteiger partial charge in [-0.1, -0.05) is 18.2 Å². The second kappa shape index (κ2) is 6.84. The van der Waals surface area contributed by atoms with Crippen molar-refractivity contribution in [3.63, 3.8) is 0 Å². The minimum atomic E-state index is -0.0628. The van der Waals surface area contributed by atoms with E-state index in [9.17, 15) is 0 Å². The first-order valence-corrected chi connectivity index (χ1v) is 7.77. The largest absolute Gasteiger partial charge is 0.493 e. The Balaban J connectivity index is 2.13. The zero-order valence-corrected chi connectivity index (χ0v) is 14.3. The lowest BCUT2D eigenvalue weighted by molar-refractivity contribution is 0.320. The summed E-state index contributed by atoms with van der Waals surface area (Å²) in [5.41, 5.74) is 3.14. The van der Waals surface area contributed by atoms with Crippen molar-refractivity contribution < 1.29 is 14.2 Å². The van der Waals surface area contributed by atoms with E-state index in [4.69, 9.17) is 14.2 Å². The predicted molar refractivity (Wildman–Crippen MR) is 95.3 cm³/mol. The average molecular weight is 326 g/mol. The number of aromatic amines is 1. The Labute approximate surface area is 141 Å². The van der Waals surface area contributed by atoms with E-state index in [1.165, 1.54) is 5.39 Å². The zero-order valence-electron chi connectivity index (χ0n) is 14.3. The Kier molecular flexibility index (Phi) is 4.62. The Hall–Kier alpha value is -2.66. The van der Waals surface area contributed by atoms with Crippen LogP contribution in [-0.4, -0.2) is 33.4 Å². The summed E-state index contributed by atoms with van der Waals surface area (Å²) in [5, 5.41) is 4.52. The van der Waals surface area contributed by atoms with Crippen LogP contribution in [-0.2, 0) is 0 Å². The minimum absolute atomic E-state index is 0.0628. The number of hydrogen-bond acceptors (Lipinski definition) is 4. The number of aromatic nitrogens is 1. The van der Waals surface area contributed by atoms with Gasteiger partial charge in [-0.2, -0.15) is 0 Å². The molecule has 0 saturated carbocycles. The SMILES string of the molecule is CNC(c1cc2ccccc2[nH]1)c1ccc(OC)c(OC)c1OC. The first-order valence-electron chi connectivity index (χ1n) is 7.77. The topological polar surface area (TPSA) is 55.5 Å². The summed E-state index contributed by atoms with van der Waals surface area (Å²) >= 11 is 0. The van der Waals surface area contributed by atoms with E-state index in [0.717, 1.165) is 16.8 Å². The molecule has 3 aromatic rings. The second-order valence-corrected chi connectivity index (χ2v) is 5.46. The average Bonchev–Trinajstić information content (AvgIpc) is 3.05. The van der Waals surface area contributed by atoms with Crippen molar-refractivity contribution in [1.82, 2.24) is 10.3 Å². The molecule has 3 rings (SSSR count). The van der Waals surface area contributed by atoms with Crippen molar-refractivity contribution >= 4 is 10.9 Å². The first-order chi connectivity index (χ1) is 11.7. The van der Waals surface area contributed by atoms with Crippen molar-refractivity contribution in [2.45, 2.75) is 6.04 Å². The molecule has 1 heterocycles. The molecule has 24 heavy (non-hydrogen) atoms. The number of rotatable bonds is 6. The third-order valence-electron chi connectivity index (χ3n) is 4.20. The van der Waals surface area contributed by atoms with Gasteiger partial charge in [0, 0.05) is 16.8 Å². The Bertz CT molecular complexity index is 809. The summed E-state index contributed by atoms with van der Waals surface area (Å²) in [4.78, 5) is 3.47. The summed E-state index contributed by atoms with van der Waals surface area (Å²) in [6, 6.07) is 14.2. The lowest BCUT2D eigenvalue weighted by Crippen LogP contribution is -2.19. The lowest BCUT2D eigenvalue weighted by Gasteiger charge is -2.21. The molecule has 2 N–H and O–H groups in total. The fourth-order valence-electron chi connectivity index (χ4n) is 3.08. The maximum absolute atomic E-state index is 5.63. The van der Waals surface area contributed by atoms with Gasteiger partial charge in [-0.3, -0.25) is 0 Å². The normalized spacial score (nSPS) is 12.2. The number of methoxy groups -OCH3 is 3. The van der Waals surface area contributed by atoms with Crippen LogP contribution in [0.2, 0.25) is 0 Å². The quantitative estimate of drug-likeness (QED) is 0.728. The number of benzene rings is 2. The van der Waals surface area contributed by atoms with Crippen LogP contribution in [0, 0.1) is 0 Å². The summed E-state index contributed by atoms with van der Waals surface area (Å²) in [6.07, 6.45) is 0. The van der Waals surface area contributed by atoms with Crippen molar-refractivity contribution in [1.29, 1.82) is 0 Å². The number of H-pyrrole nitrogens is 1. The third-order valence-corrected chi connectivity index (χ3v) is 4.20. The van der Waals surface area contributed by atoms with Crippen LogP contribution in [0.25, 0.3) is 10.9 Å². The Morgan fingerprint density at radius 1 is 0.917 bits per heavy atom. The molecule has 1 aromatic heterocycles. The maximum Gasteiger partial charge on any atom is 0.203 e. The Morgan fingerprint density at radius 2 is 1.67 bits per heavy atom. The number of nitrogens with one attached hydrogen (secondary N) is 2. The van der Waals surface area contributed by atoms with E-state index in [1.54, 1.807) is 21.3 Å². The lowest BCUT2D eigenvalue weighted by atomic mass is 10.0. The van der Waals surface area contributed by atoms with E-state index in [1.807, 2.05) is 31.3 Å². The highest BCUT2D eigenvalue weighted by Gasteiger charge is 2.23. The van der Waals surface area contributed by atoms with Crippen molar-refractivity contribution in [2.24, 2.45) is 0 Å². The maximum atomic E-state index is 5.63. The highest BCUT2D eigenvalue weighted by atomic mass is 16.5. The van der Waals surface area contributed by atoms with E-state index in [0.29, 0.717) is 17.2 Å². The van der Waals surface area contributed by atoms with Crippen LogP contribution < -0.4 is 19.5 Å². The van der Waals surface area contributed by atoms with Gasteiger partial charge >= 0.3 is 0 Å². The molecular formula is C19H22N2O3. The molecule has 0 fully saturated rings. The van der Waals surface area contributed by atoms with Gasteiger partial charge in [0.25, 0.3) is 0 Å². The van der Waals surface area contributed by atoms with E-state index in [-0.39, 0.29) is 6.04 Å². The fraction of sp³-hybridized carbons (Fsp3) is 0.263. The molecule has 0 spiro atoms. The second-order valence-electron chi connectivity index (χ2n) is 5.46. The molecule has 5 heteroatoms. The first kappa shape index (κ1) is 16.2. The molecule has 1 atom stereocenters. The van der Waals surface area contributed by atoms with E-state index in [2.05, 4.69) is 28.5 Å². The molecule has 1 unspecified atom stereocenters. The molecule has 0 radical (unpaired) electrons. The molecule has 0 bridgehead atoms. The van der Waals surface area contributed by atoms with Gasteiger partial charge in [-0.15, -0.1) is 0 Å². The molecule has 126 valence electrons. The smallest absolute Gasteiger partial charge is 0.203 e. The monoisotopic (exact) mass is 326 g/mol. The minimum Gasteiger partial charge on any atom is -0.493 e. The third kappa shape index (κ3) is 2.67. The van der Waals surface area contributed by atoms with Crippen LogP contribution in [0.3, 0.4) is 0 Å². The van der Waals surface area contributed by atoms with Gasteiger partial charge in [0.15, 0.2) is 11.5 Å². The molecular weight excluding hydrogens is 304 g/mol. The molecule has 0 aliphatic heterocycles. The van der Waals surface area contributed by atoms with Crippen LogP contribution in [0.15, 0.2) is 42.5 Å². The van der Waals surface area contributed by atoms with Gasteiger partial charge in [-0.25, -0.2) is 0 Å². The standard InChI is InChI=1S/C19H22N2O3/c1-20-17(15-11-12-7-5-6-8-14(12)21-15)13-9-10-16(22-2)19(24-4)18(13)23-3/h5-11,17,20-21H,1-4H3. The van der Waals surface area contributed by atoms with Gasteiger partial charge in [0.2, 0.25) is 5.75 Å². The van der Waals surface area contributed by atoms with Crippen LogP contribution in [0.5, 0.6) is 17.2 Å². The number of hydrogen-bond donors (Lipinski definition) is 2. The summed E-state index contributed by atoms with van der Waals surface area (Å²) < 4.78 is 16.5. The number of para-hydroxylation sites is 1. The molecule has 5 nitrogen and oxygen atoms in total. The van der Waals surface area contributed by atoms with Gasteiger partial charge in [0.05, 0.1) is 27.4 Å². The van der Waals surface area contributed by atoms with Crippen LogP contribution in [0.4, 0.5) is 0 Å². The van der Waals surface area contributed by atoms with Crippen LogP contribution >= 0.6 is 0 Å². The molecule has 0 saturated heterocycles.